The first kappa shape index (κ1) is 35.6. The van der Waals surface area contributed by atoms with E-state index in [4.69, 9.17) is 0 Å². The molecule has 274 valence electrons. The topological polar surface area (TPSA) is 20.3 Å². The molecule has 0 spiro atoms. The van der Waals surface area contributed by atoms with Gasteiger partial charge < -0.3 is 0 Å². The normalized spacial score (nSPS) is 36.6. The Morgan fingerprint density at radius 1 is 0.680 bits per heavy atom. The summed E-state index contributed by atoms with van der Waals surface area (Å²) in [5, 5.41) is 1.41. The number of halogens is 6. The molecule has 8 saturated carbocycles. The van der Waals surface area contributed by atoms with Gasteiger partial charge in [0, 0.05) is 7.05 Å². The van der Waals surface area contributed by atoms with Crippen LogP contribution in [-0.4, -0.2) is 30.6 Å². The quantitative estimate of drug-likeness (QED) is 0.205. The average molecular weight is 738 g/mol. The zero-order valence-electron chi connectivity index (χ0n) is 29.5. The van der Waals surface area contributed by atoms with Gasteiger partial charge in [0.05, 0.1) is 21.9 Å². The van der Waals surface area contributed by atoms with E-state index >= 15 is 0 Å². The molecule has 10 heteroatoms. The summed E-state index contributed by atoms with van der Waals surface area (Å²) in [6.07, 6.45) is 4.97. The lowest BCUT2D eigenvalue weighted by molar-refractivity contribution is -0.143. The average Bonchev–Trinajstić information content (AvgIpc) is 2.98. The van der Waals surface area contributed by atoms with Crippen molar-refractivity contribution in [1.29, 1.82) is 0 Å². The Labute approximate surface area is 296 Å². The number of alkyl halides is 6. The van der Waals surface area contributed by atoms with Crippen LogP contribution in [0.2, 0.25) is 0 Å². The molecule has 10 rings (SSSR count). The fourth-order valence-corrected chi connectivity index (χ4v) is 19.5. The van der Waals surface area contributed by atoms with Crippen LogP contribution < -0.4 is 5.30 Å². The maximum absolute atomic E-state index is 14.4. The molecule has 0 saturated heterocycles. The van der Waals surface area contributed by atoms with Crippen molar-refractivity contribution in [3.63, 3.8) is 0 Å². The molecule has 8 fully saturated rings. The van der Waals surface area contributed by atoms with E-state index in [0.717, 1.165) is 23.0 Å². The molecule has 8 bridgehead atoms. The summed E-state index contributed by atoms with van der Waals surface area (Å²) < 4.78 is 101. The Kier molecular flexibility index (Phi) is 8.56. The number of benzene rings is 2. The van der Waals surface area contributed by atoms with Crippen LogP contribution in [-0.2, 0) is 23.3 Å². The molecule has 0 aromatic heterocycles. The van der Waals surface area contributed by atoms with Crippen LogP contribution in [0.4, 0.5) is 26.3 Å². The van der Waals surface area contributed by atoms with Gasteiger partial charge >= 0.3 is 12.4 Å². The molecular weight excluding hydrogens is 687 g/mol. The first-order chi connectivity index (χ1) is 23.3. The molecule has 0 N–H and O–H groups in total. The minimum absolute atomic E-state index is 0.106. The van der Waals surface area contributed by atoms with Gasteiger partial charge in [-0.25, -0.2) is 8.51 Å². The molecule has 0 unspecified atom stereocenters. The van der Waals surface area contributed by atoms with Crippen molar-refractivity contribution in [2.45, 2.75) is 131 Å². The fourth-order valence-electron chi connectivity index (χ4n) is 12.9. The highest BCUT2D eigenvalue weighted by atomic mass is 32.2. The molecule has 8 aliphatic carbocycles. The number of hydrogen-bond donors (Lipinski definition) is 0. The third kappa shape index (κ3) is 6.13. The molecule has 8 aliphatic rings. The summed E-state index contributed by atoms with van der Waals surface area (Å²) in [6, 6.07) is 8.98. The van der Waals surface area contributed by atoms with E-state index in [2.05, 4.69) is 6.07 Å². The second-order valence-electron chi connectivity index (χ2n) is 18.3. The van der Waals surface area contributed by atoms with E-state index in [-0.39, 0.29) is 21.9 Å². The molecule has 2 aromatic rings. The molecule has 0 radical (unpaired) electrons. The summed E-state index contributed by atoms with van der Waals surface area (Å²) in [7, 11) is -0.964. The highest BCUT2D eigenvalue weighted by molar-refractivity contribution is 7.84. The highest BCUT2D eigenvalue weighted by Crippen LogP contribution is 2.78. The number of nitrogens with zero attached hydrogens (tertiary/aromatic N) is 1. The van der Waals surface area contributed by atoms with Crippen LogP contribution in [0.1, 0.15) is 126 Å². The first-order valence-electron chi connectivity index (χ1n) is 18.7. The van der Waals surface area contributed by atoms with Gasteiger partial charge in [-0.3, -0.25) is 0 Å². The largest absolute Gasteiger partial charge is 0.416 e. The van der Waals surface area contributed by atoms with E-state index in [0.29, 0.717) is 35.5 Å². The van der Waals surface area contributed by atoms with E-state index < -0.39 is 53.2 Å². The van der Waals surface area contributed by atoms with Crippen LogP contribution in [0.3, 0.4) is 0 Å². The minimum atomic E-state index is -4.98. The van der Waals surface area contributed by atoms with E-state index in [1.807, 2.05) is 18.2 Å². The van der Waals surface area contributed by atoms with E-state index in [9.17, 15) is 30.6 Å². The highest BCUT2D eigenvalue weighted by Gasteiger charge is 2.63. The standard InChI is InChI=1S/C40H50F6NOPS/c1-36(2,3)50(48)47(4)35(30-15-31(39(41,42)43)17-32(16-30)40(44,45)46)33-7-5-6-8-34(33)49(37-18-24-9-25(19-37)11-26(10-24)20-37)38-21-27-12-28(22-38)14-29(13-27)23-38/h5-8,15-17,24-29,35H,9-14,18-23H2,1-4H3/t24?,25?,26?,27?,28?,29?,35-,37?,38?,49?,50-/m1/s1. The molecule has 2 atom stereocenters. The van der Waals surface area contributed by atoms with Gasteiger partial charge in [0.1, 0.15) is 11.0 Å². The monoisotopic (exact) mass is 737 g/mol. The van der Waals surface area contributed by atoms with Crippen molar-refractivity contribution in [2.24, 2.45) is 35.5 Å². The van der Waals surface area contributed by atoms with Crippen LogP contribution >= 0.6 is 7.92 Å². The molecular formula is C40H50F6NOPS. The van der Waals surface area contributed by atoms with E-state index in [1.165, 1.54) is 77.0 Å². The van der Waals surface area contributed by atoms with Gasteiger partial charge in [-0.2, -0.15) is 26.3 Å². The van der Waals surface area contributed by atoms with Crippen molar-refractivity contribution >= 4 is 24.2 Å². The zero-order chi connectivity index (χ0) is 35.6. The molecule has 0 heterocycles. The third-order valence-corrected chi connectivity index (χ3v) is 19.2. The fraction of sp³-hybridized carbons (Fsp3) is 0.700. The lowest BCUT2D eigenvalue weighted by Crippen LogP contribution is -2.58. The van der Waals surface area contributed by atoms with Gasteiger partial charge in [0.2, 0.25) is 0 Å². The summed E-state index contributed by atoms with van der Waals surface area (Å²) in [4.78, 5) is 0. The zero-order valence-corrected chi connectivity index (χ0v) is 31.3. The Morgan fingerprint density at radius 2 is 1.06 bits per heavy atom. The van der Waals surface area contributed by atoms with Crippen molar-refractivity contribution in [1.82, 2.24) is 4.31 Å². The minimum Gasteiger partial charge on any atom is -0.242 e. The van der Waals surface area contributed by atoms with Gasteiger partial charge in [-0.15, -0.1) is 0 Å². The Bertz CT molecular complexity index is 1520. The number of rotatable bonds is 7. The Hall–Kier alpha value is -1.44. The molecule has 50 heavy (non-hydrogen) atoms. The van der Waals surface area contributed by atoms with Crippen LogP contribution in [0.15, 0.2) is 42.5 Å². The Balaban J connectivity index is 1.36. The van der Waals surface area contributed by atoms with Crippen molar-refractivity contribution in [3.05, 3.63) is 64.7 Å². The van der Waals surface area contributed by atoms with Gasteiger partial charge in [-0.05, 0) is 178 Å². The van der Waals surface area contributed by atoms with Crippen LogP contribution in [0.25, 0.3) is 0 Å². The van der Waals surface area contributed by atoms with Crippen molar-refractivity contribution < 1.29 is 30.6 Å². The maximum atomic E-state index is 14.4. The molecule has 2 aromatic carbocycles. The molecule has 0 aliphatic heterocycles. The maximum Gasteiger partial charge on any atom is 0.416 e. The van der Waals surface area contributed by atoms with Gasteiger partial charge in [0.15, 0.2) is 0 Å². The SMILES string of the molecule is CN([C@H](c1cc(C(F)(F)F)cc(C(F)(F)F)c1)c1ccccc1P(C12CC3CC(CC(C3)C1)C2)C12CC3CC(CC(C3)C1)C2)[S@](=O)C(C)(C)C. The van der Waals surface area contributed by atoms with Crippen LogP contribution in [0, 0.1) is 35.5 Å². The van der Waals surface area contributed by atoms with Crippen LogP contribution in [0.5, 0.6) is 0 Å². The predicted octanol–water partition coefficient (Wildman–Crippen LogP) is 11.3. The van der Waals surface area contributed by atoms with Crippen molar-refractivity contribution in [3.8, 4) is 0 Å². The number of hydrogen-bond acceptors (Lipinski definition) is 1. The summed E-state index contributed by atoms with van der Waals surface area (Å²) >= 11 is 0. The van der Waals surface area contributed by atoms with Gasteiger partial charge in [0.25, 0.3) is 0 Å². The van der Waals surface area contributed by atoms with Gasteiger partial charge in [-0.1, -0.05) is 32.2 Å². The second kappa shape index (κ2) is 12.0. The summed E-state index contributed by atoms with van der Waals surface area (Å²) in [6.45, 7) is 5.40. The lowest BCUT2D eigenvalue weighted by Gasteiger charge is -2.67. The molecule has 2 nitrogen and oxygen atoms in total. The first-order valence-corrected chi connectivity index (χ1v) is 21.1. The predicted molar refractivity (Wildman–Crippen MR) is 189 cm³/mol. The summed E-state index contributed by atoms with van der Waals surface area (Å²) in [5.41, 5.74) is -2.02. The molecule has 0 amide bonds. The second-order valence-corrected chi connectivity index (χ2v) is 23.7. The van der Waals surface area contributed by atoms with Crippen molar-refractivity contribution in [2.75, 3.05) is 7.05 Å². The van der Waals surface area contributed by atoms with E-state index in [1.54, 1.807) is 32.1 Å². The smallest absolute Gasteiger partial charge is 0.242 e. The summed E-state index contributed by atoms with van der Waals surface area (Å²) in [5.74, 6) is 4.23. The Morgan fingerprint density at radius 3 is 1.42 bits per heavy atom. The lowest BCUT2D eigenvalue weighted by atomic mass is 9.55. The third-order valence-electron chi connectivity index (χ3n) is 13.5.